The van der Waals surface area contributed by atoms with E-state index in [0.717, 1.165) is 61.5 Å². The van der Waals surface area contributed by atoms with E-state index in [1.807, 2.05) is 50.2 Å². The smallest absolute Gasteiger partial charge is 0.243 e. The predicted molar refractivity (Wildman–Crippen MR) is 169 cm³/mol. The number of carbonyl (C=O) groups excluding carboxylic acids is 3. The summed E-state index contributed by atoms with van der Waals surface area (Å²) < 4.78 is 0. The van der Waals surface area contributed by atoms with Crippen molar-refractivity contribution in [1.29, 1.82) is 0 Å². The minimum Gasteiger partial charge on any atom is -0.354 e. The van der Waals surface area contributed by atoms with Gasteiger partial charge in [-0.15, -0.1) is 0 Å². The Hall–Kier alpha value is -3.71. The lowest BCUT2D eigenvalue weighted by Crippen LogP contribution is -2.54. The molecule has 42 heavy (non-hydrogen) atoms. The minimum absolute atomic E-state index is 0.0490. The summed E-state index contributed by atoms with van der Waals surface area (Å²) in [6.45, 7) is 6.81. The van der Waals surface area contributed by atoms with Crippen LogP contribution in [-0.4, -0.2) is 60.9 Å². The first kappa shape index (κ1) is 31.2. The van der Waals surface area contributed by atoms with Gasteiger partial charge < -0.3 is 20.9 Å². The highest BCUT2D eigenvalue weighted by Gasteiger charge is 2.37. The molecule has 2 atom stereocenters. The van der Waals surface area contributed by atoms with Gasteiger partial charge in [0, 0.05) is 25.4 Å². The van der Waals surface area contributed by atoms with Crippen LogP contribution in [0.3, 0.4) is 0 Å². The van der Waals surface area contributed by atoms with Crippen molar-refractivity contribution in [2.45, 2.75) is 70.9 Å². The molecule has 0 radical (unpaired) electrons. The zero-order valence-electron chi connectivity index (χ0n) is 25.1. The molecule has 0 aliphatic carbocycles. The number of carbonyl (C=O) groups is 3. The molecule has 1 saturated heterocycles. The van der Waals surface area contributed by atoms with Crippen molar-refractivity contribution >= 4 is 28.5 Å². The summed E-state index contributed by atoms with van der Waals surface area (Å²) in [5.74, 6) is -0.462. The Morgan fingerprint density at radius 1 is 0.857 bits per heavy atom. The molecular formula is C35H46N4O3. The highest BCUT2D eigenvalue weighted by atomic mass is 16.2. The maximum Gasteiger partial charge on any atom is 0.243 e. The van der Waals surface area contributed by atoms with E-state index in [1.54, 1.807) is 4.90 Å². The van der Waals surface area contributed by atoms with E-state index in [9.17, 15) is 14.4 Å². The van der Waals surface area contributed by atoms with Gasteiger partial charge in [-0.1, -0.05) is 86.6 Å². The number of hydrogen-bond acceptors (Lipinski definition) is 4. The fourth-order valence-corrected chi connectivity index (χ4v) is 5.80. The third-order valence-corrected chi connectivity index (χ3v) is 8.32. The van der Waals surface area contributed by atoms with Gasteiger partial charge in [-0.25, -0.2) is 0 Å². The molecule has 3 amide bonds. The standard InChI is InChI=1S/C35H46N4O3/c1-3-28(4-2)35(42)39-23-10-16-32(39)34(41)38-31(25-27-17-18-29-14-8-9-15-30(29)24-27)33(40)37-21-11-20-36-22-19-26-12-6-5-7-13-26/h5-9,12-15,17-18,24,28,31-32,36H,3-4,10-11,16,19-23,25H2,1-2H3,(H,37,40)(H,38,41). The van der Waals surface area contributed by atoms with Crippen LogP contribution in [-0.2, 0) is 27.2 Å². The van der Waals surface area contributed by atoms with Gasteiger partial charge in [0.2, 0.25) is 17.7 Å². The van der Waals surface area contributed by atoms with E-state index in [1.165, 1.54) is 5.56 Å². The Labute approximate surface area is 250 Å². The SMILES string of the molecule is CCC(CC)C(=O)N1CCCC1C(=O)NC(Cc1ccc2ccccc2c1)C(=O)NCCCNCCc1ccccc1. The number of nitrogens with zero attached hydrogens (tertiary/aromatic N) is 1. The third-order valence-electron chi connectivity index (χ3n) is 8.32. The molecule has 1 fully saturated rings. The Balaban J connectivity index is 1.36. The van der Waals surface area contributed by atoms with Gasteiger partial charge in [0.1, 0.15) is 12.1 Å². The minimum atomic E-state index is -0.726. The van der Waals surface area contributed by atoms with E-state index >= 15 is 0 Å². The second-order valence-electron chi connectivity index (χ2n) is 11.3. The second-order valence-corrected chi connectivity index (χ2v) is 11.3. The number of fused-ring (bicyclic) bond motifs is 1. The van der Waals surface area contributed by atoms with Crippen molar-refractivity contribution in [1.82, 2.24) is 20.9 Å². The molecule has 1 aliphatic rings. The summed E-state index contributed by atoms with van der Waals surface area (Å²) >= 11 is 0. The number of likely N-dealkylation sites (tertiary alicyclic amines) is 1. The lowest BCUT2D eigenvalue weighted by atomic mass is 10.00. The van der Waals surface area contributed by atoms with Gasteiger partial charge in [-0.2, -0.15) is 0 Å². The molecule has 7 nitrogen and oxygen atoms in total. The van der Waals surface area contributed by atoms with E-state index in [2.05, 4.69) is 52.3 Å². The van der Waals surface area contributed by atoms with Crippen LogP contribution in [0, 0.1) is 5.92 Å². The maximum atomic E-state index is 13.5. The highest BCUT2D eigenvalue weighted by Crippen LogP contribution is 2.23. The molecule has 2 unspecified atom stereocenters. The normalized spacial score (nSPS) is 15.6. The van der Waals surface area contributed by atoms with E-state index in [-0.39, 0.29) is 23.6 Å². The summed E-state index contributed by atoms with van der Waals surface area (Å²) in [4.78, 5) is 41.9. The molecular weight excluding hydrogens is 524 g/mol. The predicted octanol–water partition coefficient (Wildman–Crippen LogP) is 4.63. The zero-order valence-corrected chi connectivity index (χ0v) is 25.1. The lowest BCUT2D eigenvalue weighted by Gasteiger charge is -2.29. The van der Waals surface area contributed by atoms with Crippen LogP contribution in [0.15, 0.2) is 72.8 Å². The quantitative estimate of drug-likeness (QED) is 0.233. The molecule has 0 bridgehead atoms. The van der Waals surface area contributed by atoms with Crippen molar-refractivity contribution < 1.29 is 14.4 Å². The monoisotopic (exact) mass is 570 g/mol. The number of hydrogen-bond donors (Lipinski definition) is 3. The Bertz CT molecular complexity index is 1310. The summed E-state index contributed by atoms with van der Waals surface area (Å²) in [5.41, 5.74) is 2.28. The summed E-state index contributed by atoms with van der Waals surface area (Å²) in [6.07, 6.45) is 5.06. The summed E-state index contributed by atoms with van der Waals surface area (Å²) in [6, 6.07) is 23.4. The molecule has 1 aliphatic heterocycles. The van der Waals surface area contributed by atoms with Crippen molar-refractivity contribution in [2.24, 2.45) is 5.92 Å². The molecule has 4 rings (SSSR count). The number of benzene rings is 3. The van der Waals surface area contributed by atoms with Crippen molar-refractivity contribution in [3.05, 3.63) is 83.9 Å². The van der Waals surface area contributed by atoms with Crippen LogP contribution in [0.25, 0.3) is 10.8 Å². The fraction of sp³-hybridized carbons (Fsp3) is 0.457. The van der Waals surface area contributed by atoms with Crippen LogP contribution < -0.4 is 16.0 Å². The number of nitrogens with one attached hydrogen (secondary N) is 3. The largest absolute Gasteiger partial charge is 0.354 e. The molecule has 224 valence electrons. The van der Waals surface area contributed by atoms with Gasteiger partial charge in [-0.3, -0.25) is 14.4 Å². The first-order valence-electron chi connectivity index (χ1n) is 15.6. The van der Waals surface area contributed by atoms with Gasteiger partial charge in [-0.05, 0) is 73.5 Å². The highest BCUT2D eigenvalue weighted by molar-refractivity contribution is 5.93. The Morgan fingerprint density at radius 2 is 1.60 bits per heavy atom. The van der Waals surface area contributed by atoms with E-state index < -0.39 is 12.1 Å². The molecule has 3 N–H and O–H groups in total. The van der Waals surface area contributed by atoms with Gasteiger partial charge >= 0.3 is 0 Å². The van der Waals surface area contributed by atoms with Gasteiger partial charge in [0.05, 0.1) is 0 Å². The molecule has 3 aromatic rings. The van der Waals surface area contributed by atoms with E-state index in [0.29, 0.717) is 25.9 Å². The van der Waals surface area contributed by atoms with E-state index in [4.69, 9.17) is 0 Å². The second kappa shape index (κ2) is 16.1. The number of amides is 3. The molecule has 3 aromatic carbocycles. The summed E-state index contributed by atoms with van der Waals surface area (Å²) in [5, 5.41) is 11.7. The molecule has 0 aromatic heterocycles. The maximum absolute atomic E-state index is 13.5. The average molecular weight is 571 g/mol. The zero-order chi connectivity index (χ0) is 29.7. The molecule has 0 spiro atoms. The first-order chi connectivity index (χ1) is 20.5. The molecule has 1 heterocycles. The van der Waals surface area contributed by atoms with Crippen LogP contribution in [0.5, 0.6) is 0 Å². The average Bonchev–Trinajstić information content (AvgIpc) is 3.51. The van der Waals surface area contributed by atoms with Crippen LogP contribution in [0.4, 0.5) is 0 Å². The first-order valence-corrected chi connectivity index (χ1v) is 15.6. The van der Waals surface area contributed by atoms with Crippen LogP contribution in [0.2, 0.25) is 0 Å². The van der Waals surface area contributed by atoms with Gasteiger partial charge in [0.15, 0.2) is 0 Å². The molecule has 7 heteroatoms. The third kappa shape index (κ3) is 8.65. The summed E-state index contributed by atoms with van der Waals surface area (Å²) in [7, 11) is 0. The van der Waals surface area contributed by atoms with Crippen molar-refractivity contribution in [2.75, 3.05) is 26.2 Å². The van der Waals surface area contributed by atoms with Gasteiger partial charge in [0.25, 0.3) is 0 Å². The fourth-order valence-electron chi connectivity index (χ4n) is 5.80. The van der Waals surface area contributed by atoms with Crippen molar-refractivity contribution in [3.8, 4) is 0 Å². The lowest BCUT2D eigenvalue weighted by molar-refractivity contribution is -0.142. The van der Waals surface area contributed by atoms with Crippen molar-refractivity contribution in [3.63, 3.8) is 0 Å². The van der Waals surface area contributed by atoms with Crippen LogP contribution in [0.1, 0.15) is 57.1 Å². The Kier molecular flexibility index (Phi) is 11.9. The number of rotatable bonds is 15. The topological polar surface area (TPSA) is 90.5 Å². The van der Waals surface area contributed by atoms with Crippen LogP contribution >= 0.6 is 0 Å². The molecule has 0 saturated carbocycles. The Morgan fingerprint density at radius 3 is 2.36 bits per heavy atom.